The minimum absolute atomic E-state index is 0.536. The summed E-state index contributed by atoms with van der Waals surface area (Å²) in [5.41, 5.74) is 12.7. The number of nitrogens with zero attached hydrogens (tertiary/aromatic N) is 6. The summed E-state index contributed by atoms with van der Waals surface area (Å²) in [6.07, 6.45) is 0. The van der Waals surface area contributed by atoms with Crippen molar-refractivity contribution < 1.29 is 4.42 Å². The first kappa shape index (κ1) is 36.6. The van der Waals surface area contributed by atoms with Gasteiger partial charge in [-0.1, -0.05) is 164 Å². The molecule has 0 fully saturated rings. The molecule has 8 aromatic carbocycles. The normalized spacial score (nSPS) is 11.6. The summed E-state index contributed by atoms with van der Waals surface area (Å²) in [6, 6.07) is 68.0. The van der Waals surface area contributed by atoms with E-state index in [2.05, 4.69) is 102 Å². The van der Waals surface area contributed by atoms with Crippen molar-refractivity contribution in [1.29, 1.82) is 0 Å². The molecule has 0 saturated carbocycles. The van der Waals surface area contributed by atoms with Crippen LogP contribution in [0.1, 0.15) is 0 Å². The molecule has 0 aliphatic rings. The Morgan fingerprint density at radius 3 is 1.71 bits per heavy atom. The van der Waals surface area contributed by atoms with Crippen LogP contribution in [0.25, 0.3) is 117 Å². The molecule has 12 rings (SSSR count). The van der Waals surface area contributed by atoms with E-state index in [0.29, 0.717) is 28.9 Å². The minimum atomic E-state index is 0.536. The molecule has 296 valence electrons. The second-order valence-electron chi connectivity index (χ2n) is 15.4. The van der Waals surface area contributed by atoms with Crippen molar-refractivity contribution >= 4 is 56.5 Å². The molecule has 0 aliphatic heterocycles. The number of hydrogen-bond acceptors (Lipinski definition) is 7. The Kier molecular flexibility index (Phi) is 8.76. The van der Waals surface area contributed by atoms with Crippen molar-refractivity contribution in [2.24, 2.45) is 0 Å². The van der Waals surface area contributed by atoms with Crippen molar-refractivity contribution in [3.05, 3.63) is 200 Å². The van der Waals surface area contributed by atoms with E-state index in [1.807, 2.05) is 103 Å². The molecule has 4 aromatic heterocycles. The Labute approximate surface area is 367 Å². The molecule has 63 heavy (non-hydrogen) atoms. The lowest BCUT2D eigenvalue weighted by molar-refractivity contribution is 0.667. The van der Waals surface area contributed by atoms with Crippen LogP contribution >= 0.6 is 12.6 Å². The second kappa shape index (κ2) is 15.1. The van der Waals surface area contributed by atoms with Crippen molar-refractivity contribution in [3.8, 4) is 73.6 Å². The molecule has 0 bridgehead atoms. The van der Waals surface area contributed by atoms with E-state index in [1.54, 1.807) is 0 Å². The molecule has 0 unspecified atom stereocenters. The maximum atomic E-state index is 6.33. The van der Waals surface area contributed by atoms with Gasteiger partial charge in [0.2, 0.25) is 0 Å². The molecule has 8 heteroatoms. The zero-order valence-corrected chi connectivity index (χ0v) is 34.5. The minimum Gasteiger partial charge on any atom is -0.452 e. The Morgan fingerprint density at radius 1 is 0.381 bits per heavy atom. The highest BCUT2D eigenvalue weighted by Crippen LogP contribution is 2.39. The Hall–Kier alpha value is -8.20. The Morgan fingerprint density at radius 2 is 0.937 bits per heavy atom. The number of para-hydroxylation sites is 3. The quantitative estimate of drug-likeness (QED) is 0.161. The van der Waals surface area contributed by atoms with Crippen LogP contribution in [0.4, 0.5) is 0 Å². The van der Waals surface area contributed by atoms with E-state index < -0.39 is 0 Å². The molecule has 0 amide bonds. The molecule has 0 aliphatic carbocycles. The number of fused-ring (bicyclic) bond motifs is 6. The number of thiol groups is 1. The summed E-state index contributed by atoms with van der Waals surface area (Å²) in [5, 5.41) is 3.30. The standard InChI is InChI=1S/C55H34N6OS/c63-51-40(34-27-29-37(30-28-34)52-56-48(35-15-4-1-5-16-35)50-49(57-52)43-22-11-13-26-47(43)62-50)23-14-24-44(51)55-59-53(36-17-6-2-7-18-36)58-54(60-55)38-31-32-42-41-21-10-12-25-45(41)61(46(42)33-38)39-19-8-3-9-20-39/h1-33,63H. The van der Waals surface area contributed by atoms with Crippen LogP contribution in [-0.2, 0) is 0 Å². The van der Waals surface area contributed by atoms with Crippen LogP contribution < -0.4 is 0 Å². The van der Waals surface area contributed by atoms with E-state index in [9.17, 15) is 0 Å². The molecule has 0 radical (unpaired) electrons. The third-order valence-electron chi connectivity index (χ3n) is 11.6. The first-order chi connectivity index (χ1) is 31.1. The molecule has 0 spiro atoms. The predicted molar refractivity (Wildman–Crippen MR) is 257 cm³/mol. The van der Waals surface area contributed by atoms with E-state index in [4.69, 9.17) is 42.0 Å². The summed E-state index contributed by atoms with van der Waals surface area (Å²) < 4.78 is 8.64. The zero-order valence-electron chi connectivity index (χ0n) is 33.6. The van der Waals surface area contributed by atoms with E-state index >= 15 is 0 Å². The van der Waals surface area contributed by atoms with Crippen molar-refractivity contribution in [3.63, 3.8) is 0 Å². The number of benzene rings is 8. The highest BCUT2D eigenvalue weighted by atomic mass is 32.1. The number of hydrogen-bond donors (Lipinski definition) is 1. The van der Waals surface area contributed by atoms with Gasteiger partial charge >= 0.3 is 0 Å². The van der Waals surface area contributed by atoms with E-state index in [-0.39, 0.29) is 0 Å². The third-order valence-corrected chi connectivity index (χ3v) is 12.1. The van der Waals surface area contributed by atoms with Gasteiger partial charge in [-0.25, -0.2) is 24.9 Å². The Balaban J connectivity index is 0.962. The monoisotopic (exact) mass is 826 g/mol. The number of rotatable bonds is 7. The molecule has 0 N–H and O–H groups in total. The lowest BCUT2D eigenvalue weighted by Crippen LogP contribution is -2.01. The van der Waals surface area contributed by atoms with Crippen molar-refractivity contribution in [1.82, 2.24) is 29.5 Å². The highest BCUT2D eigenvalue weighted by molar-refractivity contribution is 7.80. The van der Waals surface area contributed by atoms with Gasteiger partial charge in [0.15, 0.2) is 28.9 Å². The van der Waals surface area contributed by atoms with Crippen LogP contribution in [0.2, 0.25) is 0 Å². The molecule has 7 nitrogen and oxygen atoms in total. The molecule has 4 heterocycles. The summed E-state index contributed by atoms with van der Waals surface area (Å²) in [6.45, 7) is 0. The summed E-state index contributed by atoms with van der Waals surface area (Å²) in [7, 11) is 0. The fraction of sp³-hybridized carbons (Fsp3) is 0. The van der Waals surface area contributed by atoms with Crippen LogP contribution in [0.5, 0.6) is 0 Å². The first-order valence-electron chi connectivity index (χ1n) is 20.7. The van der Waals surface area contributed by atoms with Gasteiger partial charge in [0.25, 0.3) is 0 Å². The smallest absolute Gasteiger partial charge is 0.180 e. The summed E-state index contributed by atoms with van der Waals surface area (Å²) in [4.78, 5) is 26.3. The van der Waals surface area contributed by atoms with Gasteiger partial charge in [-0.2, -0.15) is 0 Å². The van der Waals surface area contributed by atoms with Gasteiger partial charge in [0.05, 0.1) is 11.0 Å². The van der Waals surface area contributed by atoms with E-state index in [1.165, 1.54) is 5.39 Å². The highest BCUT2D eigenvalue weighted by Gasteiger charge is 2.21. The van der Waals surface area contributed by atoms with Gasteiger partial charge in [0, 0.05) is 54.6 Å². The molecule has 0 atom stereocenters. The number of furan rings is 1. The summed E-state index contributed by atoms with van der Waals surface area (Å²) >= 11 is 5.19. The lowest BCUT2D eigenvalue weighted by Gasteiger charge is -2.13. The van der Waals surface area contributed by atoms with Gasteiger partial charge in [0.1, 0.15) is 16.8 Å². The van der Waals surface area contributed by atoms with Gasteiger partial charge in [-0.15, -0.1) is 12.6 Å². The fourth-order valence-electron chi connectivity index (χ4n) is 8.57. The molecular weight excluding hydrogens is 793 g/mol. The van der Waals surface area contributed by atoms with Gasteiger partial charge in [-0.05, 0) is 47.5 Å². The molecule has 12 aromatic rings. The largest absolute Gasteiger partial charge is 0.452 e. The van der Waals surface area contributed by atoms with Crippen molar-refractivity contribution in [2.45, 2.75) is 4.90 Å². The topological polar surface area (TPSA) is 82.5 Å². The summed E-state index contributed by atoms with van der Waals surface area (Å²) in [5.74, 6) is 2.31. The number of aromatic nitrogens is 6. The van der Waals surface area contributed by atoms with Crippen LogP contribution in [-0.4, -0.2) is 29.5 Å². The average molecular weight is 827 g/mol. The fourth-order valence-corrected chi connectivity index (χ4v) is 8.95. The van der Waals surface area contributed by atoms with E-state index in [0.717, 1.165) is 88.1 Å². The van der Waals surface area contributed by atoms with Crippen LogP contribution in [0, 0.1) is 0 Å². The average Bonchev–Trinajstić information content (AvgIpc) is 3.90. The molecule has 0 saturated heterocycles. The lowest BCUT2D eigenvalue weighted by atomic mass is 10.0. The zero-order chi connectivity index (χ0) is 41.9. The van der Waals surface area contributed by atoms with Gasteiger partial charge < -0.3 is 8.98 Å². The van der Waals surface area contributed by atoms with Crippen LogP contribution in [0.15, 0.2) is 210 Å². The molecular formula is C55H34N6OS. The van der Waals surface area contributed by atoms with Gasteiger partial charge in [-0.3, -0.25) is 0 Å². The maximum Gasteiger partial charge on any atom is 0.180 e. The third kappa shape index (κ3) is 6.35. The van der Waals surface area contributed by atoms with Crippen LogP contribution in [0.3, 0.4) is 0 Å². The maximum absolute atomic E-state index is 6.33. The second-order valence-corrected chi connectivity index (χ2v) is 15.9. The predicted octanol–water partition coefficient (Wildman–Crippen LogP) is 13.9. The first-order valence-corrected chi connectivity index (χ1v) is 21.2. The van der Waals surface area contributed by atoms with Crippen molar-refractivity contribution in [2.75, 3.05) is 0 Å². The SMILES string of the molecule is Sc1c(-c2ccc(-c3nc(-c4ccccc4)c4oc5ccccc5c4n3)cc2)cccc1-c1nc(-c2ccccc2)nc(-c2ccc3c4ccccc4n(-c4ccccc4)c3c2)n1. The Bertz CT molecular complexity index is 3680.